The highest BCUT2D eigenvalue weighted by atomic mass is 15.3. The number of hydrogen-bond donors (Lipinski definition) is 2. The molecule has 0 aliphatic carbocycles. The van der Waals surface area contributed by atoms with Gasteiger partial charge in [-0.2, -0.15) is 5.10 Å². The number of nitrogen functional groups attached to an aromatic ring is 2. The van der Waals surface area contributed by atoms with Crippen molar-refractivity contribution in [2.24, 2.45) is 17.3 Å². The van der Waals surface area contributed by atoms with E-state index < -0.39 is 0 Å². The van der Waals surface area contributed by atoms with Crippen LogP contribution in [0.15, 0.2) is 46.9 Å². The normalized spacial score (nSPS) is 11.4. The van der Waals surface area contributed by atoms with E-state index in [9.17, 15) is 0 Å². The third-order valence-electron chi connectivity index (χ3n) is 3.01. The number of benzene rings is 1. The van der Waals surface area contributed by atoms with Crippen LogP contribution in [0, 0.1) is 0 Å². The predicted molar refractivity (Wildman–Crippen MR) is 78.0 cm³/mol. The number of nitrogens with two attached hydrogens (primary N) is 2. The fourth-order valence-corrected chi connectivity index (χ4v) is 1.95. The van der Waals surface area contributed by atoms with E-state index in [2.05, 4.69) is 20.3 Å². The first-order valence-electron chi connectivity index (χ1n) is 5.99. The molecule has 0 aliphatic rings. The molecule has 0 radical (unpaired) electrons. The summed E-state index contributed by atoms with van der Waals surface area (Å²) in [5.74, 6) is 0.642. The average molecular weight is 267 g/mol. The first kappa shape index (κ1) is 12.1. The highest BCUT2D eigenvalue weighted by molar-refractivity contribution is 5.91. The van der Waals surface area contributed by atoms with Gasteiger partial charge in [-0.15, -0.1) is 10.2 Å². The van der Waals surface area contributed by atoms with Crippen molar-refractivity contribution < 1.29 is 0 Å². The predicted octanol–water partition coefficient (Wildman–Crippen LogP) is 2.55. The van der Waals surface area contributed by atoms with E-state index in [1.165, 1.54) is 4.68 Å². The molecule has 2 aromatic heterocycles. The van der Waals surface area contributed by atoms with Crippen molar-refractivity contribution in [3.8, 4) is 0 Å². The Morgan fingerprint density at radius 2 is 2.00 bits per heavy atom. The lowest BCUT2D eigenvalue weighted by Crippen LogP contribution is -1.97. The van der Waals surface area contributed by atoms with Crippen LogP contribution in [0.1, 0.15) is 0 Å². The maximum atomic E-state index is 5.84. The lowest BCUT2D eigenvalue weighted by atomic mass is 10.1. The van der Waals surface area contributed by atoms with Gasteiger partial charge in [0, 0.05) is 30.2 Å². The van der Waals surface area contributed by atoms with Gasteiger partial charge in [0.2, 0.25) is 0 Å². The van der Waals surface area contributed by atoms with Crippen molar-refractivity contribution in [2.75, 3.05) is 11.5 Å². The number of rotatable bonds is 2. The maximum absolute atomic E-state index is 5.84. The fourth-order valence-electron chi connectivity index (χ4n) is 1.95. The summed E-state index contributed by atoms with van der Waals surface area (Å²) in [6, 6.07) is 7.62. The van der Waals surface area contributed by atoms with Crippen molar-refractivity contribution in [1.29, 1.82) is 0 Å². The Balaban J connectivity index is 2.07. The minimum Gasteiger partial charge on any atom is -0.382 e. The van der Waals surface area contributed by atoms with E-state index in [0.717, 1.165) is 16.5 Å². The van der Waals surface area contributed by atoms with Crippen molar-refractivity contribution in [3.05, 3.63) is 36.7 Å². The molecule has 3 aromatic rings. The molecule has 20 heavy (non-hydrogen) atoms. The number of azo groups is 1. The molecule has 100 valence electrons. The van der Waals surface area contributed by atoms with E-state index in [1.54, 1.807) is 19.4 Å². The molecular weight excluding hydrogens is 254 g/mol. The largest absolute Gasteiger partial charge is 0.382 e. The number of pyridine rings is 1. The molecule has 3 rings (SSSR count). The van der Waals surface area contributed by atoms with Gasteiger partial charge in [0.05, 0.1) is 5.69 Å². The van der Waals surface area contributed by atoms with Crippen LogP contribution in [-0.2, 0) is 7.05 Å². The monoisotopic (exact) mass is 267 g/mol. The molecule has 0 aliphatic heterocycles. The SMILES string of the molecule is Cn1nc(N)c(N=Nc2cccc3cnccc23)c1N. The lowest BCUT2D eigenvalue weighted by Gasteiger charge is -1.99. The second-order valence-corrected chi connectivity index (χ2v) is 4.32. The van der Waals surface area contributed by atoms with Gasteiger partial charge in [-0.1, -0.05) is 12.1 Å². The topological polar surface area (TPSA) is 107 Å². The molecule has 7 heteroatoms. The van der Waals surface area contributed by atoms with Gasteiger partial charge in [-0.25, -0.2) is 4.68 Å². The van der Waals surface area contributed by atoms with Gasteiger partial charge in [-0.3, -0.25) is 4.98 Å². The number of aryl methyl sites for hydroxylation is 1. The summed E-state index contributed by atoms with van der Waals surface area (Å²) < 4.78 is 1.47. The Bertz CT molecular complexity index is 798. The summed E-state index contributed by atoms with van der Waals surface area (Å²) in [4.78, 5) is 4.08. The first-order valence-corrected chi connectivity index (χ1v) is 5.99. The molecule has 0 fully saturated rings. The van der Waals surface area contributed by atoms with E-state index in [0.29, 0.717) is 11.5 Å². The maximum Gasteiger partial charge on any atom is 0.175 e. The van der Waals surface area contributed by atoms with Crippen molar-refractivity contribution in [3.63, 3.8) is 0 Å². The van der Waals surface area contributed by atoms with Gasteiger partial charge in [0.1, 0.15) is 0 Å². The van der Waals surface area contributed by atoms with E-state index in [-0.39, 0.29) is 5.82 Å². The second-order valence-electron chi connectivity index (χ2n) is 4.32. The molecule has 0 unspecified atom stereocenters. The van der Waals surface area contributed by atoms with Gasteiger partial charge in [-0.05, 0) is 12.1 Å². The summed E-state index contributed by atoms with van der Waals surface area (Å²) in [6.07, 6.45) is 3.50. The van der Waals surface area contributed by atoms with E-state index in [1.807, 2.05) is 24.3 Å². The van der Waals surface area contributed by atoms with Crippen molar-refractivity contribution >= 4 is 33.8 Å². The molecule has 0 saturated carbocycles. The zero-order valence-corrected chi connectivity index (χ0v) is 10.9. The van der Waals surface area contributed by atoms with Gasteiger partial charge in [0.15, 0.2) is 17.3 Å². The van der Waals surface area contributed by atoms with Crippen LogP contribution >= 0.6 is 0 Å². The molecule has 2 heterocycles. The molecule has 0 spiro atoms. The highest BCUT2D eigenvalue weighted by Gasteiger charge is 2.10. The zero-order chi connectivity index (χ0) is 14.1. The molecule has 0 bridgehead atoms. The third kappa shape index (κ3) is 1.95. The number of fused-ring (bicyclic) bond motifs is 1. The number of aromatic nitrogens is 3. The second kappa shape index (κ2) is 4.61. The minimum absolute atomic E-state index is 0.260. The highest BCUT2D eigenvalue weighted by Crippen LogP contribution is 2.32. The zero-order valence-electron chi connectivity index (χ0n) is 10.9. The molecular formula is C13H13N7. The van der Waals surface area contributed by atoms with E-state index >= 15 is 0 Å². The standard InChI is InChI=1S/C13H13N7/c1-20-13(15)11(12(14)19-20)18-17-10-4-2-3-8-7-16-6-5-9(8)10/h2-7H,15H2,1H3,(H2,14,19). The first-order chi connectivity index (χ1) is 9.66. The average Bonchev–Trinajstić information content (AvgIpc) is 2.70. The van der Waals surface area contributed by atoms with E-state index in [4.69, 9.17) is 11.5 Å². The summed E-state index contributed by atoms with van der Waals surface area (Å²) in [5.41, 5.74) is 12.7. The van der Waals surface area contributed by atoms with Gasteiger partial charge >= 0.3 is 0 Å². The van der Waals surface area contributed by atoms with Gasteiger partial charge in [0.25, 0.3) is 0 Å². The van der Waals surface area contributed by atoms with Crippen molar-refractivity contribution in [1.82, 2.24) is 14.8 Å². The quantitative estimate of drug-likeness (QED) is 0.695. The fraction of sp³-hybridized carbons (Fsp3) is 0.0769. The summed E-state index contributed by atoms with van der Waals surface area (Å²) in [7, 11) is 1.70. The van der Waals surface area contributed by atoms with Gasteiger partial charge < -0.3 is 11.5 Å². The summed E-state index contributed by atoms with van der Waals surface area (Å²) >= 11 is 0. The molecule has 0 atom stereocenters. The third-order valence-corrected chi connectivity index (χ3v) is 3.01. The van der Waals surface area contributed by atoms with Crippen LogP contribution in [0.3, 0.4) is 0 Å². The number of anilines is 2. The summed E-state index contributed by atoms with van der Waals surface area (Å²) in [6.45, 7) is 0. The number of nitrogens with zero attached hydrogens (tertiary/aromatic N) is 5. The molecule has 0 saturated heterocycles. The van der Waals surface area contributed by atoms with Crippen LogP contribution in [0.2, 0.25) is 0 Å². The summed E-state index contributed by atoms with van der Waals surface area (Å²) in [5, 5.41) is 14.3. The Hall–Kier alpha value is -2.96. The van der Waals surface area contributed by atoms with Crippen LogP contribution in [0.25, 0.3) is 10.8 Å². The Kier molecular flexibility index (Phi) is 2.79. The van der Waals surface area contributed by atoms with Crippen LogP contribution in [-0.4, -0.2) is 14.8 Å². The Morgan fingerprint density at radius 3 is 2.75 bits per heavy atom. The molecule has 0 amide bonds. The van der Waals surface area contributed by atoms with Crippen molar-refractivity contribution in [2.45, 2.75) is 0 Å². The molecule has 4 N–H and O–H groups in total. The number of hydrogen-bond acceptors (Lipinski definition) is 6. The minimum atomic E-state index is 0.260. The van der Waals surface area contributed by atoms with Crippen LogP contribution < -0.4 is 11.5 Å². The molecule has 1 aromatic carbocycles. The Morgan fingerprint density at radius 1 is 1.15 bits per heavy atom. The molecule has 7 nitrogen and oxygen atoms in total. The lowest BCUT2D eigenvalue weighted by molar-refractivity contribution is 0.783. The van der Waals surface area contributed by atoms with Crippen LogP contribution in [0.5, 0.6) is 0 Å². The smallest absolute Gasteiger partial charge is 0.175 e. The van der Waals surface area contributed by atoms with Crippen LogP contribution in [0.4, 0.5) is 23.0 Å². The Labute approximate surface area is 114 Å².